The number of aromatic nitrogens is 1. The third-order valence-electron chi connectivity index (χ3n) is 1.91. The van der Waals surface area contributed by atoms with Gasteiger partial charge in [0.15, 0.2) is 17.5 Å². The first-order valence-electron chi connectivity index (χ1n) is 4.86. The SMILES string of the molecule is CNc1nc(SCCN(C)C)c(F)cc1F. The molecule has 0 aliphatic rings. The quantitative estimate of drug-likeness (QED) is 0.806. The minimum Gasteiger partial charge on any atom is -0.371 e. The third kappa shape index (κ3) is 3.61. The van der Waals surface area contributed by atoms with E-state index in [2.05, 4.69) is 10.3 Å². The molecule has 1 heterocycles. The summed E-state index contributed by atoms with van der Waals surface area (Å²) in [6, 6.07) is 0.858. The van der Waals surface area contributed by atoms with Gasteiger partial charge in [-0.15, -0.1) is 11.8 Å². The van der Waals surface area contributed by atoms with Gasteiger partial charge in [0, 0.05) is 25.4 Å². The maximum Gasteiger partial charge on any atom is 0.168 e. The van der Waals surface area contributed by atoms with Crippen LogP contribution in [0.5, 0.6) is 0 Å². The highest BCUT2D eigenvalue weighted by atomic mass is 32.2. The van der Waals surface area contributed by atoms with Crippen molar-refractivity contribution >= 4 is 17.6 Å². The van der Waals surface area contributed by atoms with E-state index in [1.54, 1.807) is 7.05 Å². The zero-order chi connectivity index (χ0) is 12.1. The van der Waals surface area contributed by atoms with E-state index < -0.39 is 11.6 Å². The molecule has 16 heavy (non-hydrogen) atoms. The molecule has 90 valence electrons. The predicted octanol–water partition coefficient (Wildman–Crippen LogP) is 2.06. The van der Waals surface area contributed by atoms with Gasteiger partial charge < -0.3 is 10.2 Å². The zero-order valence-corrected chi connectivity index (χ0v) is 10.4. The Kier molecular flexibility index (Phi) is 4.95. The van der Waals surface area contributed by atoms with Crippen molar-refractivity contribution in [3.8, 4) is 0 Å². The molecule has 0 unspecified atom stereocenters. The number of anilines is 1. The highest BCUT2D eigenvalue weighted by Gasteiger charge is 2.11. The number of rotatable bonds is 5. The standard InChI is InChI=1S/C10H15F2N3S/c1-13-9-7(11)6-8(12)10(14-9)16-5-4-15(2)3/h6H,4-5H2,1-3H3,(H,13,14). The van der Waals surface area contributed by atoms with E-state index in [1.165, 1.54) is 11.8 Å². The van der Waals surface area contributed by atoms with Crippen LogP contribution in [-0.2, 0) is 0 Å². The van der Waals surface area contributed by atoms with Crippen LogP contribution in [0.4, 0.5) is 14.6 Å². The van der Waals surface area contributed by atoms with E-state index in [0.29, 0.717) is 5.75 Å². The van der Waals surface area contributed by atoms with Gasteiger partial charge >= 0.3 is 0 Å². The fourth-order valence-electron chi connectivity index (χ4n) is 1.05. The fourth-order valence-corrected chi connectivity index (χ4v) is 2.05. The van der Waals surface area contributed by atoms with Gasteiger partial charge in [0.1, 0.15) is 5.03 Å². The molecule has 1 aromatic rings. The molecule has 1 aromatic heterocycles. The van der Waals surface area contributed by atoms with Gasteiger partial charge in [-0.2, -0.15) is 0 Å². The Bertz CT molecular complexity index is 358. The van der Waals surface area contributed by atoms with Crippen LogP contribution in [0.3, 0.4) is 0 Å². The predicted molar refractivity (Wildman–Crippen MR) is 63.0 cm³/mol. The van der Waals surface area contributed by atoms with Crippen LogP contribution in [0.2, 0.25) is 0 Å². The van der Waals surface area contributed by atoms with Gasteiger partial charge in [-0.05, 0) is 14.1 Å². The monoisotopic (exact) mass is 247 g/mol. The van der Waals surface area contributed by atoms with Gasteiger partial charge in [0.05, 0.1) is 0 Å². The van der Waals surface area contributed by atoms with Crippen molar-refractivity contribution in [2.75, 3.05) is 38.8 Å². The minimum absolute atomic E-state index is 0.0775. The number of nitrogens with zero attached hydrogens (tertiary/aromatic N) is 2. The highest BCUT2D eigenvalue weighted by Crippen LogP contribution is 2.23. The summed E-state index contributed by atoms with van der Waals surface area (Å²) in [6.45, 7) is 0.818. The second kappa shape index (κ2) is 6.00. The van der Waals surface area contributed by atoms with Crippen molar-refractivity contribution in [2.24, 2.45) is 0 Å². The summed E-state index contributed by atoms with van der Waals surface area (Å²) < 4.78 is 26.4. The molecule has 0 bridgehead atoms. The van der Waals surface area contributed by atoms with E-state index in [9.17, 15) is 8.78 Å². The van der Waals surface area contributed by atoms with E-state index in [1.807, 2.05) is 19.0 Å². The normalized spacial score (nSPS) is 10.9. The number of halogens is 2. The highest BCUT2D eigenvalue weighted by molar-refractivity contribution is 7.99. The molecule has 0 aliphatic carbocycles. The topological polar surface area (TPSA) is 28.2 Å². The summed E-state index contributed by atoms with van der Waals surface area (Å²) in [5, 5.41) is 2.81. The summed E-state index contributed by atoms with van der Waals surface area (Å²) in [4.78, 5) is 5.86. The third-order valence-corrected chi connectivity index (χ3v) is 2.86. The Balaban J connectivity index is 2.72. The molecule has 1 rings (SSSR count). The van der Waals surface area contributed by atoms with E-state index in [0.717, 1.165) is 12.6 Å². The summed E-state index contributed by atoms with van der Waals surface area (Å²) in [5.41, 5.74) is 0. The second-order valence-corrected chi connectivity index (χ2v) is 4.59. The number of nitrogens with one attached hydrogen (secondary N) is 1. The molecule has 0 aliphatic heterocycles. The molecular formula is C10H15F2N3S. The van der Waals surface area contributed by atoms with Crippen molar-refractivity contribution in [2.45, 2.75) is 5.03 Å². The van der Waals surface area contributed by atoms with E-state index in [4.69, 9.17) is 0 Å². The maximum absolute atomic E-state index is 13.3. The average molecular weight is 247 g/mol. The van der Waals surface area contributed by atoms with Crippen LogP contribution in [0.15, 0.2) is 11.1 Å². The van der Waals surface area contributed by atoms with Gasteiger partial charge in [-0.3, -0.25) is 0 Å². The van der Waals surface area contributed by atoms with Gasteiger partial charge in [0.25, 0.3) is 0 Å². The summed E-state index contributed by atoms with van der Waals surface area (Å²) in [6.07, 6.45) is 0. The van der Waals surface area contributed by atoms with Gasteiger partial charge in [0.2, 0.25) is 0 Å². The largest absolute Gasteiger partial charge is 0.371 e. The van der Waals surface area contributed by atoms with Crippen LogP contribution in [0, 0.1) is 11.6 Å². The molecule has 0 radical (unpaired) electrons. The van der Waals surface area contributed by atoms with E-state index >= 15 is 0 Å². The zero-order valence-electron chi connectivity index (χ0n) is 9.55. The first kappa shape index (κ1) is 13.2. The van der Waals surface area contributed by atoms with Crippen molar-refractivity contribution < 1.29 is 8.78 Å². The number of hydrogen-bond acceptors (Lipinski definition) is 4. The Morgan fingerprint density at radius 2 is 2.06 bits per heavy atom. The Morgan fingerprint density at radius 3 is 2.62 bits per heavy atom. The molecule has 6 heteroatoms. The fraction of sp³-hybridized carbons (Fsp3) is 0.500. The Labute approximate surface area is 98.2 Å². The van der Waals surface area contributed by atoms with Crippen LogP contribution >= 0.6 is 11.8 Å². The molecule has 0 saturated heterocycles. The number of thioether (sulfide) groups is 1. The first-order chi connectivity index (χ1) is 7.54. The van der Waals surface area contributed by atoms with E-state index in [-0.39, 0.29) is 10.8 Å². The molecule has 3 nitrogen and oxygen atoms in total. The second-order valence-electron chi connectivity index (χ2n) is 3.51. The molecule has 0 atom stereocenters. The summed E-state index contributed by atoms with van der Waals surface area (Å²) >= 11 is 1.28. The molecule has 0 aromatic carbocycles. The number of hydrogen-bond donors (Lipinski definition) is 1. The van der Waals surface area contributed by atoms with Crippen LogP contribution in [0.1, 0.15) is 0 Å². The van der Waals surface area contributed by atoms with Gasteiger partial charge in [-0.1, -0.05) is 0 Å². The lowest BCUT2D eigenvalue weighted by molar-refractivity contribution is 0.437. The van der Waals surface area contributed by atoms with Crippen molar-refractivity contribution in [1.29, 1.82) is 0 Å². The Hall–Kier alpha value is -0.880. The molecule has 1 N–H and O–H groups in total. The lowest BCUT2D eigenvalue weighted by Crippen LogP contribution is -2.15. The average Bonchev–Trinajstić information content (AvgIpc) is 2.20. The minimum atomic E-state index is -0.669. The maximum atomic E-state index is 13.3. The smallest absolute Gasteiger partial charge is 0.168 e. The van der Waals surface area contributed by atoms with Crippen LogP contribution in [0.25, 0.3) is 0 Å². The van der Waals surface area contributed by atoms with Crippen molar-refractivity contribution in [3.63, 3.8) is 0 Å². The Morgan fingerprint density at radius 1 is 1.38 bits per heavy atom. The summed E-state index contributed by atoms with van der Waals surface area (Å²) in [5.74, 6) is -0.489. The van der Waals surface area contributed by atoms with Gasteiger partial charge in [-0.25, -0.2) is 13.8 Å². The van der Waals surface area contributed by atoms with Crippen LogP contribution in [-0.4, -0.2) is 43.3 Å². The lowest BCUT2D eigenvalue weighted by atomic mass is 10.4. The summed E-state index contributed by atoms with van der Waals surface area (Å²) in [7, 11) is 5.43. The first-order valence-corrected chi connectivity index (χ1v) is 5.84. The van der Waals surface area contributed by atoms with Crippen molar-refractivity contribution in [3.05, 3.63) is 17.7 Å². The molecule has 0 saturated carbocycles. The molecule has 0 fully saturated rings. The van der Waals surface area contributed by atoms with Crippen LogP contribution < -0.4 is 5.32 Å². The molecular weight excluding hydrogens is 232 g/mol. The lowest BCUT2D eigenvalue weighted by Gasteiger charge is -2.09. The van der Waals surface area contributed by atoms with Crippen molar-refractivity contribution in [1.82, 2.24) is 9.88 Å². The molecule has 0 amide bonds. The molecule has 0 spiro atoms. The number of pyridine rings is 1.